The van der Waals surface area contributed by atoms with Crippen LogP contribution in [0.1, 0.15) is 18.1 Å². The molecule has 0 bridgehead atoms. The highest BCUT2D eigenvalue weighted by atomic mass is 19.2. The maximum atomic E-state index is 13.4. The Balaban J connectivity index is 1.98. The number of urea groups is 1. The Morgan fingerprint density at radius 1 is 1.26 bits per heavy atom. The van der Waals surface area contributed by atoms with Gasteiger partial charge in [0.1, 0.15) is 6.10 Å². The monoisotopic (exact) mass is 327 g/mol. The van der Waals surface area contributed by atoms with Crippen LogP contribution in [0.4, 0.5) is 13.6 Å². The Labute approximate surface area is 135 Å². The van der Waals surface area contributed by atoms with Gasteiger partial charge in [0.15, 0.2) is 11.6 Å². The van der Waals surface area contributed by atoms with Crippen molar-refractivity contribution in [3.8, 4) is 0 Å². The van der Waals surface area contributed by atoms with Crippen LogP contribution in [0.25, 0.3) is 0 Å². The van der Waals surface area contributed by atoms with Crippen molar-refractivity contribution in [3.05, 3.63) is 35.4 Å². The molecule has 23 heavy (non-hydrogen) atoms. The van der Waals surface area contributed by atoms with Gasteiger partial charge >= 0.3 is 6.03 Å². The number of ether oxygens (including phenoxy) is 1. The van der Waals surface area contributed by atoms with Gasteiger partial charge in [-0.2, -0.15) is 0 Å². The molecule has 1 saturated heterocycles. The van der Waals surface area contributed by atoms with Gasteiger partial charge in [-0.3, -0.25) is 0 Å². The van der Waals surface area contributed by atoms with E-state index in [1.165, 1.54) is 6.07 Å². The van der Waals surface area contributed by atoms with Crippen molar-refractivity contribution >= 4 is 6.03 Å². The van der Waals surface area contributed by atoms with Gasteiger partial charge in [0, 0.05) is 26.7 Å². The van der Waals surface area contributed by atoms with Crippen molar-refractivity contribution in [1.82, 2.24) is 15.1 Å². The number of nitrogens with zero attached hydrogens (tertiary/aromatic N) is 2. The summed E-state index contributed by atoms with van der Waals surface area (Å²) in [5.74, 6) is -1.80. The summed E-state index contributed by atoms with van der Waals surface area (Å²) in [4.78, 5) is 15.8. The van der Waals surface area contributed by atoms with E-state index in [2.05, 4.69) is 5.32 Å². The van der Waals surface area contributed by atoms with Crippen molar-refractivity contribution in [2.45, 2.75) is 18.6 Å². The SMILES string of the molecule is CN(C)CCN(C)C(=O)N[C@@H]1CCO[C@@H]1c1ccc(F)c(F)c1. The average molecular weight is 327 g/mol. The molecule has 1 fully saturated rings. The average Bonchev–Trinajstić information content (AvgIpc) is 2.95. The number of halogens is 2. The van der Waals surface area contributed by atoms with Crippen LogP contribution >= 0.6 is 0 Å². The van der Waals surface area contributed by atoms with Crippen LogP contribution in [0, 0.1) is 11.6 Å². The van der Waals surface area contributed by atoms with Gasteiger partial charge in [-0.05, 0) is 38.2 Å². The molecule has 1 aromatic rings. The lowest BCUT2D eigenvalue weighted by atomic mass is 10.0. The number of hydrogen-bond acceptors (Lipinski definition) is 3. The van der Waals surface area contributed by atoms with Crippen LogP contribution in [-0.2, 0) is 4.74 Å². The van der Waals surface area contributed by atoms with Crippen LogP contribution in [0.2, 0.25) is 0 Å². The number of carbonyl (C=O) groups is 1. The number of benzene rings is 1. The van der Waals surface area contributed by atoms with Crippen molar-refractivity contribution < 1.29 is 18.3 Å². The van der Waals surface area contributed by atoms with E-state index in [4.69, 9.17) is 4.74 Å². The van der Waals surface area contributed by atoms with Crippen molar-refractivity contribution in [3.63, 3.8) is 0 Å². The van der Waals surface area contributed by atoms with Crippen molar-refractivity contribution in [1.29, 1.82) is 0 Å². The van der Waals surface area contributed by atoms with Gasteiger partial charge in [0.2, 0.25) is 0 Å². The number of hydrogen-bond donors (Lipinski definition) is 1. The molecule has 0 saturated carbocycles. The molecule has 0 unspecified atom stereocenters. The van der Waals surface area contributed by atoms with E-state index < -0.39 is 17.7 Å². The second kappa shape index (κ2) is 7.70. The molecule has 2 amide bonds. The van der Waals surface area contributed by atoms with Gasteiger partial charge in [-0.1, -0.05) is 6.07 Å². The van der Waals surface area contributed by atoms with E-state index in [-0.39, 0.29) is 12.1 Å². The molecule has 0 spiro atoms. The smallest absolute Gasteiger partial charge is 0.317 e. The molecule has 1 aliphatic rings. The lowest BCUT2D eigenvalue weighted by Gasteiger charge is -2.25. The second-order valence-corrected chi connectivity index (χ2v) is 6.03. The van der Waals surface area contributed by atoms with Gasteiger partial charge < -0.3 is 19.9 Å². The Kier molecular flexibility index (Phi) is 5.90. The van der Waals surface area contributed by atoms with Crippen LogP contribution in [0.3, 0.4) is 0 Å². The molecule has 0 aliphatic carbocycles. The second-order valence-electron chi connectivity index (χ2n) is 6.03. The van der Waals surface area contributed by atoms with E-state index in [1.807, 2.05) is 19.0 Å². The van der Waals surface area contributed by atoms with Crippen LogP contribution < -0.4 is 5.32 Å². The summed E-state index contributed by atoms with van der Waals surface area (Å²) in [5.41, 5.74) is 0.530. The van der Waals surface area contributed by atoms with E-state index in [9.17, 15) is 13.6 Å². The number of amides is 2. The predicted molar refractivity (Wildman–Crippen MR) is 83.2 cm³/mol. The van der Waals surface area contributed by atoms with Gasteiger partial charge in [0.05, 0.1) is 6.04 Å². The summed E-state index contributed by atoms with van der Waals surface area (Å²) in [6, 6.07) is 3.24. The minimum Gasteiger partial charge on any atom is -0.371 e. The first-order chi connectivity index (χ1) is 10.9. The molecule has 2 rings (SSSR count). The quantitative estimate of drug-likeness (QED) is 0.900. The lowest BCUT2D eigenvalue weighted by Crippen LogP contribution is -2.45. The molecular weight excluding hydrogens is 304 g/mol. The third-order valence-corrected chi connectivity index (χ3v) is 3.90. The molecule has 1 aromatic carbocycles. The summed E-state index contributed by atoms with van der Waals surface area (Å²) >= 11 is 0. The standard InChI is InChI=1S/C16H23F2N3O2/c1-20(2)7-8-21(3)16(22)19-14-6-9-23-15(14)11-4-5-12(17)13(18)10-11/h4-5,10,14-15H,6-9H2,1-3H3,(H,19,22)/t14-,15-/m1/s1. The molecule has 7 heteroatoms. The summed E-state index contributed by atoms with van der Waals surface area (Å²) in [6.07, 6.45) is 0.174. The Bertz CT molecular complexity index is 554. The van der Waals surface area contributed by atoms with E-state index in [1.54, 1.807) is 11.9 Å². The molecular formula is C16H23F2N3O2. The molecule has 0 radical (unpaired) electrons. The molecule has 5 nitrogen and oxygen atoms in total. The highest BCUT2D eigenvalue weighted by Gasteiger charge is 2.32. The van der Waals surface area contributed by atoms with Gasteiger partial charge in [0.25, 0.3) is 0 Å². The third kappa shape index (κ3) is 4.62. The predicted octanol–water partition coefficient (Wildman–Crippen LogP) is 2.00. The Morgan fingerprint density at radius 2 is 2.00 bits per heavy atom. The molecule has 1 N–H and O–H groups in total. The third-order valence-electron chi connectivity index (χ3n) is 3.90. The summed E-state index contributed by atoms with van der Waals surface area (Å²) in [7, 11) is 5.60. The van der Waals surface area contributed by atoms with Crippen LogP contribution in [0.5, 0.6) is 0 Å². The largest absolute Gasteiger partial charge is 0.371 e. The first kappa shape index (κ1) is 17.6. The molecule has 0 aromatic heterocycles. The molecule has 1 heterocycles. The van der Waals surface area contributed by atoms with Gasteiger partial charge in [-0.25, -0.2) is 13.6 Å². The van der Waals surface area contributed by atoms with Crippen molar-refractivity contribution in [2.75, 3.05) is 40.8 Å². The topological polar surface area (TPSA) is 44.8 Å². The first-order valence-electron chi connectivity index (χ1n) is 7.61. The maximum Gasteiger partial charge on any atom is 0.317 e. The zero-order valence-corrected chi connectivity index (χ0v) is 13.7. The van der Waals surface area contributed by atoms with E-state index in [0.717, 1.165) is 18.7 Å². The Hall–Kier alpha value is -1.73. The summed E-state index contributed by atoms with van der Waals surface area (Å²) < 4.78 is 32.0. The number of likely N-dealkylation sites (N-methyl/N-ethyl adjacent to an activating group) is 2. The fourth-order valence-electron chi connectivity index (χ4n) is 2.48. The Morgan fingerprint density at radius 3 is 2.65 bits per heavy atom. The summed E-state index contributed by atoms with van der Waals surface area (Å²) in [5, 5.41) is 2.91. The normalized spacial score (nSPS) is 20.8. The van der Waals surface area contributed by atoms with E-state index >= 15 is 0 Å². The zero-order chi connectivity index (χ0) is 17.0. The summed E-state index contributed by atoms with van der Waals surface area (Å²) in [6.45, 7) is 1.83. The highest BCUT2D eigenvalue weighted by molar-refractivity contribution is 5.74. The minimum atomic E-state index is -0.911. The number of carbonyl (C=O) groups excluding carboxylic acids is 1. The maximum absolute atomic E-state index is 13.4. The van der Waals surface area contributed by atoms with E-state index in [0.29, 0.717) is 25.1 Å². The highest BCUT2D eigenvalue weighted by Crippen LogP contribution is 2.30. The number of nitrogens with one attached hydrogen (secondary N) is 1. The molecule has 128 valence electrons. The van der Waals surface area contributed by atoms with Gasteiger partial charge in [-0.15, -0.1) is 0 Å². The van der Waals surface area contributed by atoms with Crippen molar-refractivity contribution in [2.24, 2.45) is 0 Å². The fourth-order valence-corrected chi connectivity index (χ4v) is 2.48. The lowest BCUT2D eigenvalue weighted by molar-refractivity contribution is 0.0980. The molecule has 1 aliphatic heterocycles. The zero-order valence-electron chi connectivity index (χ0n) is 13.7. The first-order valence-corrected chi connectivity index (χ1v) is 7.61. The van der Waals surface area contributed by atoms with Crippen LogP contribution in [-0.4, -0.2) is 62.7 Å². The molecule has 2 atom stereocenters. The van der Waals surface area contributed by atoms with Crippen LogP contribution in [0.15, 0.2) is 18.2 Å². The minimum absolute atomic E-state index is 0.199. The fraction of sp³-hybridized carbons (Fsp3) is 0.562. The number of rotatable bonds is 5.